The maximum atomic E-state index is 5.98. The fourth-order valence-electron chi connectivity index (χ4n) is 2.61. The van der Waals surface area contributed by atoms with E-state index in [1.165, 1.54) is 12.8 Å². The van der Waals surface area contributed by atoms with Crippen molar-refractivity contribution in [1.29, 1.82) is 0 Å². The number of ether oxygens (including phenoxy) is 2. The van der Waals surface area contributed by atoms with Gasteiger partial charge in [-0.1, -0.05) is 0 Å². The van der Waals surface area contributed by atoms with E-state index in [1.54, 1.807) is 0 Å². The van der Waals surface area contributed by atoms with E-state index in [2.05, 4.69) is 25.8 Å². The number of rotatable bonds is 5. The van der Waals surface area contributed by atoms with Gasteiger partial charge in [-0.25, -0.2) is 9.67 Å². The zero-order valence-corrected chi connectivity index (χ0v) is 16.6. The molecule has 4 rings (SSSR count). The van der Waals surface area contributed by atoms with Crippen molar-refractivity contribution in [2.75, 3.05) is 18.5 Å². The molecule has 2 aliphatic rings. The molecule has 0 radical (unpaired) electrons. The Balaban J connectivity index is 0.00000196. The fourth-order valence-corrected chi connectivity index (χ4v) is 2.61. The third kappa shape index (κ3) is 4.74. The van der Waals surface area contributed by atoms with Gasteiger partial charge in [0.15, 0.2) is 23.3 Å². The molecule has 1 fully saturated rings. The van der Waals surface area contributed by atoms with E-state index in [0.29, 0.717) is 37.4 Å². The van der Waals surface area contributed by atoms with Crippen molar-refractivity contribution < 1.29 is 9.47 Å². The number of hydrogen-bond donors (Lipinski definition) is 2. The Morgan fingerprint density at radius 1 is 1.27 bits per heavy atom. The van der Waals surface area contributed by atoms with Crippen LogP contribution in [-0.4, -0.2) is 39.4 Å². The third-order valence-corrected chi connectivity index (χ3v) is 4.14. The molecule has 0 unspecified atom stereocenters. The van der Waals surface area contributed by atoms with E-state index in [9.17, 15) is 0 Å². The van der Waals surface area contributed by atoms with Gasteiger partial charge in [0.1, 0.15) is 6.54 Å². The van der Waals surface area contributed by atoms with Crippen molar-refractivity contribution in [2.45, 2.75) is 32.4 Å². The highest BCUT2D eigenvalue weighted by Gasteiger charge is 2.23. The molecule has 9 nitrogen and oxygen atoms in total. The lowest BCUT2D eigenvalue weighted by Gasteiger charge is -2.10. The number of aliphatic imine (C=N–C) groups is 1. The first-order valence-electron chi connectivity index (χ1n) is 8.49. The molecule has 1 aliphatic heterocycles. The number of fused-ring (bicyclic) bond motifs is 1. The van der Waals surface area contributed by atoms with Gasteiger partial charge in [0.2, 0.25) is 0 Å². The summed E-state index contributed by atoms with van der Waals surface area (Å²) in [5, 5.41) is 14.8. The van der Waals surface area contributed by atoms with Crippen LogP contribution in [0.4, 0.5) is 5.69 Å². The lowest BCUT2D eigenvalue weighted by molar-refractivity contribution is 0.297. The fraction of sp³-hybridized carbons (Fsp3) is 0.500. The van der Waals surface area contributed by atoms with Crippen LogP contribution in [0.1, 0.15) is 25.1 Å². The number of nitrogens with two attached hydrogens (primary N) is 1. The van der Waals surface area contributed by atoms with E-state index < -0.39 is 0 Å². The van der Waals surface area contributed by atoms with Gasteiger partial charge in [0.25, 0.3) is 0 Å². The van der Waals surface area contributed by atoms with Gasteiger partial charge in [0, 0.05) is 24.7 Å². The molecular weight excluding hydrogens is 449 g/mol. The number of nitrogens with zero attached hydrogens (tertiary/aromatic N) is 5. The summed E-state index contributed by atoms with van der Waals surface area (Å²) in [5.41, 5.74) is 6.78. The molecule has 1 aromatic carbocycles. The predicted molar refractivity (Wildman–Crippen MR) is 107 cm³/mol. The van der Waals surface area contributed by atoms with E-state index in [-0.39, 0.29) is 24.0 Å². The molecule has 10 heteroatoms. The quantitative estimate of drug-likeness (QED) is 0.389. The average molecular weight is 471 g/mol. The molecule has 0 saturated heterocycles. The zero-order chi connectivity index (χ0) is 17.1. The van der Waals surface area contributed by atoms with Gasteiger partial charge in [-0.3, -0.25) is 0 Å². The van der Waals surface area contributed by atoms with Gasteiger partial charge in [0.05, 0.1) is 13.2 Å². The number of nitrogens with one attached hydrogen (secondary N) is 1. The summed E-state index contributed by atoms with van der Waals surface area (Å²) >= 11 is 0. The maximum Gasteiger partial charge on any atom is 0.193 e. The van der Waals surface area contributed by atoms with Crippen LogP contribution >= 0.6 is 24.0 Å². The van der Waals surface area contributed by atoms with Crippen LogP contribution in [-0.2, 0) is 13.1 Å². The number of anilines is 1. The number of tetrazole rings is 1. The first kappa shape index (κ1) is 18.7. The highest BCUT2D eigenvalue weighted by molar-refractivity contribution is 14.0. The summed E-state index contributed by atoms with van der Waals surface area (Å²) in [6.07, 6.45) is 3.36. The van der Waals surface area contributed by atoms with Gasteiger partial charge in [-0.15, -0.1) is 29.1 Å². The lowest BCUT2D eigenvalue weighted by Crippen LogP contribution is -2.23. The zero-order valence-electron chi connectivity index (χ0n) is 14.3. The number of hydrogen-bond acceptors (Lipinski definition) is 6. The Morgan fingerprint density at radius 2 is 2.08 bits per heavy atom. The molecule has 140 valence electrons. The predicted octanol–water partition coefficient (Wildman–Crippen LogP) is 1.79. The number of aromatic nitrogens is 4. The van der Waals surface area contributed by atoms with Crippen LogP contribution in [0.2, 0.25) is 0 Å². The molecule has 1 aliphatic carbocycles. The van der Waals surface area contributed by atoms with Crippen LogP contribution in [0.3, 0.4) is 0 Å². The minimum atomic E-state index is 0. The molecule has 26 heavy (non-hydrogen) atoms. The summed E-state index contributed by atoms with van der Waals surface area (Å²) in [5.74, 6) is 3.18. The minimum absolute atomic E-state index is 0. The monoisotopic (exact) mass is 471 g/mol. The summed E-state index contributed by atoms with van der Waals surface area (Å²) in [6, 6.07) is 5.61. The minimum Gasteiger partial charge on any atom is -0.490 e. The Kier molecular flexibility index (Phi) is 6.12. The van der Waals surface area contributed by atoms with Crippen LogP contribution in [0, 0.1) is 5.92 Å². The highest BCUT2D eigenvalue weighted by atomic mass is 127. The van der Waals surface area contributed by atoms with Crippen molar-refractivity contribution in [3.63, 3.8) is 0 Å². The van der Waals surface area contributed by atoms with Crippen molar-refractivity contribution in [3.8, 4) is 11.5 Å². The first-order valence-corrected chi connectivity index (χ1v) is 8.49. The van der Waals surface area contributed by atoms with Gasteiger partial charge >= 0.3 is 0 Å². The smallest absolute Gasteiger partial charge is 0.193 e. The summed E-state index contributed by atoms with van der Waals surface area (Å²) in [7, 11) is 0. The molecular formula is C16H22IN7O2. The highest BCUT2D eigenvalue weighted by Crippen LogP contribution is 2.32. The van der Waals surface area contributed by atoms with Crippen LogP contribution < -0.4 is 20.5 Å². The standard InChI is InChI=1S/C16H21N7O2.HI/c17-16(18-9-15-20-21-22-23(15)10-11-2-3-11)19-12-4-5-13-14(8-12)25-7-1-6-24-13;/h4-5,8,11H,1-3,6-7,9-10H2,(H3,17,18,19);1H. The second-order valence-corrected chi connectivity index (χ2v) is 6.26. The summed E-state index contributed by atoms with van der Waals surface area (Å²) in [4.78, 5) is 4.33. The lowest BCUT2D eigenvalue weighted by atomic mass is 10.3. The molecule has 0 bridgehead atoms. The van der Waals surface area contributed by atoms with Crippen molar-refractivity contribution in [3.05, 3.63) is 24.0 Å². The number of halogens is 1. The van der Waals surface area contributed by atoms with E-state index in [1.807, 2.05) is 22.9 Å². The van der Waals surface area contributed by atoms with Crippen molar-refractivity contribution in [1.82, 2.24) is 20.2 Å². The van der Waals surface area contributed by atoms with Crippen LogP contribution in [0.5, 0.6) is 11.5 Å². The largest absolute Gasteiger partial charge is 0.490 e. The Bertz CT molecular complexity index is 776. The van der Waals surface area contributed by atoms with E-state index in [0.717, 1.165) is 30.2 Å². The molecule has 2 aromatic rings. The second kappa shape index (κ2) is 8.52. The van der Waals surface area contributed by atoms with E-state index in [4.69, 9.17) is 15.2 Å². The van der Waals surface area contributed by atoms with Gasteiger partial charge in [-0.05, 0) is 41.3 Å². The molecule has 1 aromatic heterocycles. The Morgan fingerprint density at radius 3 is 2.88 bits per heavy atom. The van der Waals surface area contributed by atoms with Crippen molar-refractivity contribution >= 4 is 35.6 Å². The number of guanidine groups is 1. The SMILES string of the molecule is I.NC(=NCc1nnnn1CC1CC1)Nc1ccc2c(c1)OCCCO2. The summed E-state index contributed by atoms with van der Waals surface area (Å²) in [6.45, 7) is 2.50. The Labute approximate surface area is 168 Å². The third-order valence-electron chi connectivity index (χ3n) is 4.14. The topological polar surface area (TPSA) is 112 Å². The molecule has 2 heterocycles. The first-order chi connectivity index (χ1) is 12.3. The molecule has 0 atom stereocenters. The van der Waals surface area contributed by atoms with Crippen molar-refractivity contribution in [2.24, 2.45) is 16.6 Å². The van der Waals surface area contributed by atoms with E-state index >= 15 is 0 Å². The molecule has 3 N–H and O–H groups in total. The molecule has 0 amide bonds. The van der Waals surface area contributed by atoms with Crippen LogP contribution in [0.25, 0.3) is 0 Å². The normalized spacial score (nSPS) is 16.5. The Hall–Kier alpha value is -2.11. The van der Waals surface area contributed by atoms with Crippen LogP contribution in [0.15, 0.2) is 23.2 Å². The summed E-state index contributed by atoms with van der Waals surface area (Å²) < 4.78 is 13.1. The molecule has 0 spiro atoms. The second-order valence-electron chi connectivity index (χ2n) is 6.26. The van der Waals surface area contributed by atoms with Gasteiger partial charge < -0.3 is 20.5 Å². The number of benzene rings is 1. The average Bonchev–Trinajstić information content (AvgIpc) is 3.36. The van der Waals surface area contributed by atoms with Gasteiger partial charge in [-0.2, -0.15) is 0 Å². The molecule has 1 saturated carbocycles. The maximum absolute atomic E-state index is 5.98.